The first-order valence-corrected chi connectivity index (χ1v) is 7.03. The monoisotopic (exact) mass is 269 g/mol. The predicted octanol–water partition coefficient (Wildman–Crippen LogP) is 2.78. The highest BCUT2D eigenvalue weighted by molar-refractivity contribution is 5.51. The minimum absolute atomic E-state index is 0.150. The lowest BCUT2D eigenvalue weighted by Gasteiger charge is -2.23. The van der Waals surface area contributed by atoms with Crippen LogP contribution in [0.2, 0.25) is 0 Å². The van der Waals surface area contributed by atoms with Gasteiger partial charge in [0.05, 0.1) is 6.04 Å². The highest BCUT2D eigenvalue weighted by Crippen LogP contribution is 2.34. The second-order valence-corrected chi connectivity index (χ2v) is 5.37. The van der Waals surface area contributed by atoms with E-state index in [1.807, 2.05) is 17.2 Å². The summed E-state index contributed by atoms with van der Waals surface area (Å²) in [4.78, 5) is 17.7. The summed E-state index contributed by atoms with van der Waals surface area (Å²) in [6.45, 7) is 5.00. The number of aryl methyl sites for hydroxylation is 2. The molecule has 2 aromatic heterocycles. The van der Waals surface area contributed by atoms with Crippen molar-refractivity contribution in [1.82, 2.24) is 14.5 Å². The number of carbonyl (C=O) groups excluding carboxylic acids is 1. The van der Waals surface area contributed by atoms with Crippen LogP contribution in [-0.4, -0.2) is 27.4 Å². The Hall–Kier alpha value is -2.10. The molecule has 0 aliphatic carbocycles. The molecule has 0 aromatic carbocycles. The molecule has 4 nitrogen and oxygen atoms in total. The molecule has 1 amide bonds. The van der Waals surface area contributed by atoms with Gasteiger partial charge in [-0.05, 0) is 44.9 Å². The van der Waals surface area contributed by atoms with Crippen LogP contribution in [0.3, 0.4) is 0 Å². The van der Waals surface area contributed by atoms with Crippen LogP contribution in [0.4, 0.5) is 0 Å². The fraction of sp³-hybridized carbons (Fsp3) is 0.375. The number of amides is 1. The van der Waals surface area contributed by atoms with Crippen molar-refractivity contribution in [2.75, 3.05) is 6.54 Å². The van der Waals surface area contributed by atoms with Crippen LogP contribution in [0, 0.1) is 13.8 Å². The number of aromatic nitrogens is 2. The van der Waals surface area contributed by atoms with Gasteiger partial charge in [-0.25, -0.2) is 4.98 Å². The lowest BCUT2D eigenvalue weighted by atomic mass is 10.1. The van der Waals surface area contributed by atoms with Gasteiger partial charge in [0.15, 0.2) is 0 Å². The molecule has 0 radical (unpaired) electrons. The molecule has 1 atom stereocenters. The molecule has 0 N–H and O–H groups in total. The zero-order valence-corrected chi connectivity index (χ0v) is 11.9. The largest absolute Gasteiger partial charge is 0.338 e. The van der Waals surface area contributed by atoms with E-state index in [-0.39, 0.29) is 6.04 Å². The van der Waals surface area contributed by atoms with Gasteiger partial charge in [0.2, 0.25) is 6.41 Å². The Kier molecular flexibility index (Phi) is 3.30. The van der Waals surface area contributed by atoms with Crippen molar-refractivity contribution in [2.45, 2.75) is 32.7 Å². The van der Waals surface area contributed by atoms with E-state index in [2.05, 4.69) is 41.6 Å². The minimum Gasteiger partial charge on any atom is -0.338 e. The van der Waals surface area contributed by atoms with Gasteiger partial charge in [-0.15, -0.1) is 0 Å². The summed E-state index contributed by atoms with van der Waals surface area (Å²) >= 11 is 0. The first-order valence-electron chi connectivity index (χ1n) is 7.03. The van der Waals surface area contributed by atoms with E-state index in [0.29, 0.717) is 0 Å². The van der Waals surface area contributed by atoms with Gasteiger partial charge in [-0.1, -0.05) is 6.07 Å². The maximum absolute atomic E-state index is 11.2. The van der Waals surface area contributed by atoms with Crippen LogP contribution in [0.1, 0.15) is 35.8 Å². The fourth-order valence-corrected chi connectivity index (χ4v) is 3.11. The fourth-order valence-electron chi connectivity index (χ4n) is 3.11. The van der Waals surface area contributed by atoms with Crippen LogP contribution in [0.15, 0.2) is 30.5 Å². The molecule has 1 aliphatic heterocycles. The van der Waals surface area contributed by atoms with Gasteiger partial charge in [0.25, 0.3) is 0 Å². The molecule has 0 bridgehead atoms. The smallest absolute Gasteiger partial charge is 0.210 e. The zero-order valence-electron chi connectivity index (χ0n) is 11.9. The maximum atomic E-state index is 11.2. The van der Waals surface area contributed by atoms with Crippen LogP contribution in [0.5, 0.6) is 0 Å². The summed E-state index contributed by atoms with van der Waals surface area (Å²) < 4.78 is 2.16. The van der Waals surface area contributed by atoms with Gasteiger partial charge < -0.3 is 9.47 Å². The van der Waals surface area contributed by atoms with Gasteiger partial charge in [-0.2, -0.15) is 0 Å². The third-order valence-corrected chi connectivity index (χ3v) is 4.09. The van der Waals surface area contributed by atoms with Crippen molar-refractivity contribution in [3.8, 4) is 5.82 Å². The van der Waals surface area contributed by atoms with Crippen LogP contribution < -0.4 is 0 Å². The molecule has 3 heterocycles. The molecule has 1 saturated heterocycles. The molecule has 20 heavy (non-hydrogen) atoms. The quantitative estimate of drug-likeness (QED) is 0.804. The molecule has 4 heteroatoms. The molecule has 104 valence electrons. The van der Waals surface area contributed by atoms with Crippen molar-refractivity contribution in [3.05, 3.63) is 47.4 Å². The van der Waals surface area contributed by atoms with Crippen LogP contribution in [-0.2, 0) is 4.79 Å². The molecule has 0 spiro atoms. The van der Waals surface area contributed by atoms with E-state index in [9.17, 15) is 4.79 Å². The van der Waals surface area contributed by atoms with Crippen LogP contribution >= 0.6 is 0 Å². The SMILES string of the molecule is Cc1ccc(C)n1-c1ncccc1[C@@H]1CCCN1C=O. The Labute approximate surface area is 119 Å². The third kappa shape index (κ3) is 2.01. The summed E-state index contributed by atoms with van der Waals surface area (Å²) in [5.74, 6) is 0.950. The van der Waals surface area contributed by atoms with Gasteiger partial charge in [-0.3, -0.25) is 4.79 Å². The average molecular weight is 269 g/mol. The number of carbonyl (C=O) groups is 1. The molecule has 2 aromatic rings. The lowest BCUT2D eigenvalue weighted by Crippen LogP contribution is -2.23. The van der Waals surface area contributed by atoms with Crippen molar-refractivity contribution in [3.63, 3.8) is 0 Å². The van der Waals surface area contributed by atoms with Crippen LogP contribution in [0.25, 0.3) is 5.82 Å². The Balaban J connectivity index is 2.12. The summed E-state index contributed by atoms with van der Waals surface area (Å²) in [5, 5.41) is 0. The topological polar surface area (TPSA) is 38.1 Å². The Morgan fingerprint density at radius 2 is 2.00 bits per heavy atom. The van der Waals surface area contributed by atoms with Gasteiger partial charge in [0, 0.05) is 29.7 Å². The molecule has 0 saturated carbocycles. The van der Waals surface area contributed by atoms with E-state index in [0.717, 1.165) is 48.6 Å². The van der Waals surface area contributed by atoms with E-state index in [1.165, 1.54) is 0 Å². The second kappa shape index (κ2) is 5.12. The summed E-state index contributed by atoms with van der Waals surface area (Å²) in [5.41, 5.74) is 3.47. The van der Waals surface area contributed by atoms with Crippen molar-refractivity contribution in [1.29, 1.82) is 0 Å². The Bertz CT molecular complexity index is 613. The van der Waals surface area contributed by atoms with Gasteiger partial charge >= 0.3 is 0 Å². The molecular formula is C16H19N3O. The second-order valence-electron chi connectivity index (χ2n) is 5.37. The summed E-state index contributed by atoms with van der Waals surface area (Å²) in [6, 6.07) is 8.39. The van der Waals surface area contributed by atoms with E-state index < -0.39 is 0 Å². The highest BCUT2D eigenvalue weighted by Gasteiger charge is 2.27. The van der Waals surface area contributed by atoms with Crippen molar-refractivity contribution >= 4 is 6.41 Å². The lowest BCUT2D eigenvalue weighted by molar-refractivity contribution is -0.118. The van der Waals surface area contributed by atoms with E-state index in [4.69, 9.17) is 0 Å². The number of hydrogen-bond donors (Lipinski definition) is 0. The first-order chi connectivity index (χ1) is 9.72. The molecule has 0 unspecified atom stereocenters. The highest BCUT2D eigenvalue weighted by atomic mass is 16.1. The molecular weight excluding hydrogens is 250 g/mol. The predicted molar refractivity (Wildman–Crippen MR) is 77.8 cm³/mol. The average Bonchev–Trinajstić information content (AvgIpc) is 3.06. The number of likely N-dealkylation sites (tertiary alicyclic amines) is 1. The molecule has 3 rings (SSSR count). The number of pyridine rings is 1. The number of rotatable bonds is 3. The normalized spacial score (nSPS) is 18.5. The van der Waals surface area contributed by atoms with Gasteiger partial charge in [0.1, 0.15) is 5.82 Å². The first kappa shape index (κ1) is 12.9. The van der Waals surface area contributed by atoms with Crippen molar-refractivity contribution in [2.24, 2.45) is 0 Å². The minimum atomic E-state index is 0.150. The zero-order chi connectivity index (χ0) is 14.1. The number of nitrogens with zero attached hydrogens (tertiary/aromatic N) is 3. The number of hydrogen-bond acceptors (Lipinski definition) is 2. The Morgan fingerprint density at radius 1 is 1.25 bits per heavy atom. The summed E-state index contributed by atoms with van der Waals surface area (Å²) in [7, 11) is 0. The maximum Gasteiger partial charge on any atom is 0.210 e. The third-order valence-electron chi connectivity index (χ3n) is 4.09. The van der Waals surface area contributed by atoms with E-state index in [1.54, 1.807) is 0 Å². The Morgan fingerprint density at radius 3 is 2.70 bits per heavy atom. The van der Waals surface area contributed by atoms with E-state index >= 15 is 0 Å². The summed E-state index contributed by atoms with van der Waals surface area (Å²) in [6.07, 6.45) is 4.85. The molecule has 1 fully saturated rings. The molecule has 1 aliphatic rings. The standard InChI is InChI=1S/C16H19N3O/c1-12-7-8-13(2)19(12)16-14(5-3-9-17-16)15-6-4-10-18(15)11-20/h3,5,7-9,11,15H,4,6,10H2,1-2H3/t15-/m0/s1. The van der Waals surface area contributed by atoms with Crippen molar-refractivity contribution < 1.29 is 4.79 Å².